The highest BCUT2D eigenvalue weighted by molar-refractivity contribution is 8.18. The molecule has 0 unspecified atom stereocenters. The highest BCUT2D eigenvalue weighted by atomic mass is 32.2. The average molecular weight is 170 g/mol. The molecule has 4 heteroatoms. The smallest absolute Gasteiger partial charge is 0.263 e. The predicted octanol–water partition coefficient (Wildman–Crippen LogP) is 1.32. The van der Waals surface area contributed by atoms with E-state index in [0.29, 0.717) is 10.8 Å². The Morgan fingerprint density at radius 2 is 2.27 bits per heavy atom. The van der Waals surface area contributed by atoms with Gasteiger partial charge >= 0.3 is 0 Å². The average Bonchev–Trinajstić information content (AvgIpc) is 2.09. The van der Waals surface area contributed by atoms with E-state index in [2.05, 4.69) is 5.32 Å². The first-order valence-electron chi connectivity index (χ1n) is 3.39. The standard InChI is InChI=1S/C7H10N2OS/c1-4(2)3-5-6(10)9-7(8)11-5/h3-4H,1-2H3,(H2,8,9,10)/b5-3-. The van der Waals surface area contributed by atoms with Gasteiger partial charge in [0.25, 0.3) is 5.91 Å². The number of carbonyl (C=O) groups is 1. The summed E-state index contributed by atoms with van der Waals surface area (Å²) in [7, 11) is 0. The van der Waals surface area contributed by atoms with Crippen molar-refractivity contribution in [2.45, 2.75) is 13.8 Å². The Morgan fingerprint density at radius 3 is 2.64 bits per heavy atom. The Kier molecular flexibility index (Phi) is 2.34. The number of hydrogen-bond donors (Lipinski definition) is 2. The van der Waals surface area contributed by atoms with Crippen LogP contribution in [-0.4, -0.2) is 11.1 Å². The third-order valence-electron chi connectivity index (χ3n) is 1.15. The Labute approximate surface area is 69.8 Å². The molecular formula is C7H10N2OS. The third-order valence-corrected chi connectivity index (χ3v) is 2.00. The molecule has 0 spiro atoms. The Balaban J connectivity index is 2.75. The maximum atomic E-state index is 11.0. The summed E-state index contributed by atoms with van der Waals surface area (Å²) >= 11 is 1.19. The van der Waals surface area contributed by atoms with Crippen LogP contribution in [0.1, 0.15) is 13.8 Å². The molecular weight excluding hydrogens is 160 g/mol. The molecule has 1 fully saturated rings. The maximum absolute atomic E-state index is 11.0. The van der Waals surface area contributed by atoms with Crippen LogP contribution >= 0.6 is 11.8 Å². The monoisotopic (exact) mass is 170 g/mol. The van der Waals surface area contributed by atoms with Gasteiger partial charge in [0.1, 0.15) is 0 Å². The van der Waals surface area contributed by atoms with Gasteiger partial charge in [0.05, 0.1) is 4.91 Å². The van der Waals surface area contributed by atoms with Crippen molar-refractivity contribution in [1.29, 1.82) is 5.41 Å². The largest absolute Gasteiger partial charge is 0.301 e. The van der Waals surface area contributed by atoms with Crippen LogP contribution in [0.25, 0.3) is 0 Å². The zero-order valence-electron chi connectivity index (χ0n) is 6.47. The summed E-state index contributed by atoms with van der Waals surface area (Å²) < 4.78 is 0. The fourth-order valence-corrected chi connectivity index (χ4v) is 1.61. The lowest BCUT2D eigenvalue weighted by molar-refractivity contribution is -0.115. The van der Waals surface area contributed by atoms with Crippen molar-refractivity contribution in [3.8, 4) is 0 Å². The van der Waals surface area contributed by atoms with Crippen LogP contribution < -0.4 is 5.32 Å². The lowest BCUT2D eigenvalue weighted by atomic mass is 10.2. The molecule has 1 aliphatic rings. The second kappa shape index (κ2) is 3.09. The van der Waals surface area contributed by atoms with Crippen molar-refractivity contribution in [2.75, 3.05) is 0 Å². The van der Waals surface area contributed by atoms with Crippen molar-refractivity contribution in [3.63, 3.8) is 0 Å². The number of amides is 1. The zero-order chi connectivity index (χ0) is 8.43. The molecule has 1 rings (SSSR count). The number of thioether (sulfide) groups is 1. The minimum Gasteiger partial charge on any atom is -0.301 e. The zero-order valence-corrected chi connectivity index (χ0v) is 7.29. The van der Waals surface area contributed by atoms with E-state index >= 15 is 0 Å². The predicted molar refractivity (Wildman–Crippen MR) is 46.4 cm³/mol. The van der Waals surface area contributed by atoms with Gasteiger partial charge in [-0.3, -0.25) is 10.2 Å². The highest BCUT2D eigenvalue weighted by Crippen LogP contribution is 2.23. The molecule has 0 atom stereocenters. The molecule has 60 valence electrons. The molecule has 1 saturated heterocycles. The summed E-state index contributed by atoms with van der Waals surface area (Å²) in [6.07, 6.45) is 1.86. The number of allylic oxidation sites excluding steroid dienone is 1. The lowest BCUT2D eigenvalue weighted by Gasteiger charge is -1.94. The fourth-order valence-electron chi connectivity index (χ4n) is 0.759. The fraction of sp³-hybridized carbons (Fsp3) is 0.429. The summed E-state index contributed by atoms with van der Waals surface area (Å²) in [4.78, 5) is 11.6. The number of rotatable bonds is 1. The van der Waals surface area contributed by atoms with Gasteiger partial charge in [-0.1, -0.05) is 19.9 Å². The van der Waals surface area contributed by atoms with Gasteiger partial charge in [0.15, 0.2) is 5.17 Å². The van der Waals surface area contributed by atoms with Crippen LogP contribution in [0.3, 0.4) is 0 Å². The van der Waals surface area contributed by atoms with Crippen LogP contribution in [-0.2, 0) is 4.79 Å². The molecule has 1 amide bonds. The van der Waals surface area contributed by atoms with E-state index in [1.807, 2.05) is 19.9 Å². The van der Waals surface area contributed by atoms with Gasteiger partial charge in [0.2, 0.25) is 0 Å². The first kappa shape index (κ1) is 8.33. The highest BCUT2D eigenvalue weighted by Gasteiger charge is 2.21. The van der Waals surface area contributed by atoms with Gasteiger partial charge in [-0.25, -0.2) is 0 Å². The lowest BCUT2D eigenvalue weighted by Crippen LogP contribution is -2.18. The van der Waals surface area contributed by atoms with Gasteiger partial charge in [0, 0.05) is 0 Å². The normalized spacial score (nSPS) is 21.5. The molecule has 1 aliphatic heterocycles. The summed E-state index contributed by atoms with van der Waals surface area (Å²) in [5, 5.41) is 9.78. The second-order valence-corrected chi connectivity index (χ2v) is 3.71. The van der Waals surface area contributed by atoms with E-state index in [1.165, 1.54) is 11.8 Å². The van der Waals surface area contributed by atoms with E-state index in [1.54, 1.807) is 0 Å². The molecule has 0 aliphatic carbocycles. The van der Waals surface area contributed by atoms with Crippen LogP contribution in [0, 0.1) is 11.3 Å². The second-order valence-electron chi connectivity index (χ2n) is 2.66. The molecule has 0 radical (unpaired) electrons. The molecule has 3 nitrogen and oxygen atoms in total. The van der Waals surface area contributed by atoms with E-state index < -0.39 is 0 Å². The van der Waals surface area contributed by atoms with Crippen LogP contribution in [0.2, 0.25) is 0 Å². The van der Waals surface area contributed by atoms with Gasteiger partial charge in [-0.15, -0.1) is 0 Å². The molecule has 0 saturated carbocycles. The van der Waals surface area contributed by atoms with Crippen molar-refractivity contribution in [3.05, 3.63) is 11.0 Å². The molecule has 0 bridgehead atoms. The molecule has 2 N–H and O–H groups in total. The molecule has 0 aromatic carbocycles. The van der Waals surface area contributed by atoms with Crippen molar-refractivity contribution < 1.29 is 4.79 Å². The Bertz CT molecular complexity index is 233. The minimum absolute atomic E-state index is 0.145. The summed E-state index contributed by atoms with van der Waals surface area (Å²) in [5.41, 5.74) is 0. The van der Waals surface area contributed by atoms with Gasteiger partial charge in [-0.05, 0) is 17.7 Å². The molecule has 0 aromatic rings. The van der Waals surface area contributed by atoms with Crippen molar-refractivity contribution in [1.82, 2.24) is 5.32 Å². The van der Waals surface area contributed by atoms with Crippen molar-refractivity contribution >= 4 is 22.8 Å². The van der Waals surface area contributed by atoms with Crippen LogP contribution in [0.15, 0.2) is 11.0 Å². The Morgan fingerprint density at radius 1 is 1.64 bits per heavy atom. The number of nitrogens with one attached hydrogen (secondary N) is 2. The van der Waals surface area contributed by atoms with Crippen LogP contribution in [0.5, 0.6) is 0 Å². The summed E-state index contributed by atoms with van der Waals surface area (Å²) in [6, 6.07) is 0. The summed E-state index contributed by atoms with van der Waals surface area (Å²) in [6.45, 7) is 4.01. The minimum atomic E-state index is -0.145. The van der Waals surface area contributed by atoms with Gasteiger partial charge < -0.3 is 5.32 Å². The number of carbonyl (C=O) groups excluding carboxylic acids is 1. The SMILES string of the molecule is CC(C)/C=C1\SC(=N)NC1=O. The summed E-state index contributed by atoms with van der Waals surface area (Å²) in [5.74, 6) is 0.211. The first-order chi connectivity index (χ1) is 5.09. The number of hydrogen-bond acceptors (Lipinski definition) is 3. The van der Waals surface area contributed by atoms with E-state index in [4.69, 9.17) is 5.41 Å². The van der Waals surface area contributed by atoms with E-state index in [0.717, 1.165) is 0 Å². The maximum Gasteiger partial charge on any atom is 0.263 e. The van der Waals surface area contributed by atoms with Crippen molar-refractivity contribution in [2.24, 2.45) is 5.92 Å². The quantitative estimate of drug-likeness (QED) is 0.583. The third kappa shape index (κ3) is 2.08. The van der Waals surface area contributed by atoms with E-state index in [9.17, 15) is 4.79 Å². The number of amidine groups is 1. The van der Waals surface area contributed by atoms with Crippen LogP contribution in [0.4, 0.5) is 0 Å². The van der Waals surface area contributed by atoms with E-state index in [-0.39, 0.29) is 11.1 Å². The molecule has 11 heavy (non-hydrogen) atoms. The Hall–Kier alpha value is -0.770. The first-order valence-corrected chi connectivity index (χ1v) is 4.21. The molecule has 0 aromatic heterocycles. The topological polar surface area (TPSA) is 53.0 Å². The van der Waals surface area contributed by atoms with Gasteiger partial charge in [-0.2, -0.15) is 0 Å². The molecule has 1 heterocycles.